The smallest absolute Gasteiger partial charge is 0.264 e. The first kappa shape index (κ1) is 7.75. The third-order valence-corrected chi connectivity index (χ3v) is 0.819. The van der Waals surface area contributed by atoms with Crippen LogP contribution in [-0.4, -0.2) is 13.0 Å². The van der Waals surface area contributed by atoms with Crippen LogP contribution < -0.4 is 11.1 Å². The van der Waals surface area contributed by atoms with Crippen molar-refractivity contribution in [1.29, 1.82) is 0 Å². The molecule has 50 valence electrons. The predicted molar refractivity (Wildman–Crippen MR) is 36.5 cm³/mol. The lowest BCUT2D eigenvalue weighted by Gasteiger charge is -1.97. The summed E-state index contributed by atoms with van der Waals surface area (Å²) in [4.78, 5) is 10.4. The highest BCUT2D eigenvalue weighted by atomic mass is 16.1. The van der Waals surface area contributed by atoms with Gasteiger partial charge in [0, 0.05) is 7.05 Å². The number of allylic oxidation sites excluding steroid dienone is 2. The summed E-state index contributed by atoms with van der Waals surface area (Å²) < 4.78 is 0. The summed E-state index contributed by atoms with van der Waals surface area (Å²) in [5, 5.41) is 2.62. The number of carbonyl (C=O) groups excluding carboxylic acids is 1. The molecule has 0 bridgehead atoms. The van der Waals surface area contributed by atoms with E-state index >= 15 is 0 Å². The van der Waals surface area contributed by atoms with Crippen molar-refractivity contribution < 1.29 is 4.79 Å². The summed E-state index contributed by atoms with van der Waals surface area (Å²) in [7, 11) is 1.63. The van der Waals surface area contributed by atoms with Gasteiger partial charge in [0.2, 0.25) is 0 Å². The van der Waals surface area contributed by atoms with Crippen LogP contribution in [0.4, 0.5) is 0 Å². The van der Waals surface area contributed by atoms with E-state index in [9.17, 15) is 4.79 Å². The number of nitrogens with two attached hydrogens (primary N) is 1. The van der Waals surface area contributed by atoms with Gasteiger partial charge in [-0.05, 0) is 6.08 Å². The maximum absolute atomic E-state index is 10.4. The topological polar surface area (TPSA) is 55.1 Å². The molecule has 0 heterocycles. The molecule has 0 rings (SSSR count). The maximum Gasteiger partial charge on any atom is 0.264 e. The Morgan fingerprint density at radius 2 is 2.33 bits per heavy atom. The van der Waals surface area contributed by atoms with Crippen LogP contribution in [0.2, 0.25) is 0 Å². The number of primary amides is 1. The van der Waals surface area contributed by atoms with Gasteiger partial charge in [0.15, 0.2) is 0 Å². The van der Waals surface area contributed by atoms with E-state index < -0.39 is 5.91 Å². The summed E-state index contributed by atoms with van der Waals surface area (Å²) in [5.74, 6) is -0.475. The SMILES string of the molecule is C=C/C=C(\NC)C(N)=O. The zero-order valence-electron chi connectivity index (χ0n) is 5.35. The van der Waals surface area contributed by atoms with Crippen molar-refractivity contribution >= 4 is 5.91 Å². The number of hydrogen-bond donors (Lipinski definition) is 2. The molecule has 0 saturated carbocycles. The molecule has 0 aliphatic carbocycles. The fraction of sp³-hybridized carbons (Fsp3) is 0.167. The van der Waals surface area contributed by atoms with Gasteiger partial charge in [-0.1, -0.05) is 12.7 Å². The van der Waals surface area contributed by atoms with Crippen molar-refractivity contribution in [1.82, 2.24) is 5.32 Å². The predicted octanol–water partition coefficient (Wildman–Crippen LogP) is -0.239. The second-order valence-corrected chi connectivity index (χ2v) is 1.43. The standard InChI is InChI=1S/C6H10N2O/c1-3-4-5(8-2)6(7)9/h3-4,8H,1H2,2H3,(H2,7,9)/b5-4-. The van der Waals surface area contributed by atoms with Crippen molar-refractivity contribution in [2.24, 2.45) is 5.73 Å². The summed E-state index contributed by atoms with van der Waals surface area (Å²) >= 11 is 0. The lowest BCUT2D eigenvalue weighted by atomic mass is 10.4. The molecule has 0 aliphatic rings. The molecule has 0 aliphatic heterocycles. The molecular formula is C6H10N2O. The molecule has 0 radical (unpaired) electrons. The summed E-state index contributed by atoms with van der Waals surface area (Å²) in [6.45, 7) is 3.41. The van der Waals surface area contributed by atoms with Crippen LogP contribution >= 0.6 is 0 Å². The van der Waals surface area contributed by atoms with Crippen molar-refractivity contribution in [2.45, 2.75) is 0 Å². The number of rotatable bonds is 3. The number of likely N-dealkylation sites (N-methyl/N-ethyl adjacent to an activating group) is 1. The average molecular weight is 126 g/mol. The summed E-state index contributed by atoms with van der Waals surface area (Å²) in [6, 6.07) is 0. The Balaban J connectivity index is 4.14. The lowest BCUT2D eigenvalue weighted by Crippen LogP contribution is -2.22. The van der Waals surface area contributed by atoms with Crippen LogP contribution in [0.15, 0.2) is 24.4 Å². The van der Waals surface area contributed by atoms with Crippen molar-refractivity contribution in [3.05, 3.63) is 24.4 Å². The average Bonchev–Trinajstić information content (AvgIpc) is 1.82. The van der Waals surface area contributed by atoms with Crippen LogP contribution in [0.1, 0.15) is 0 Å². The maximum atomic E-state index is 10.4. The van der Waals surface area contributed by atoms with E-state index in [2.05, 4.69) is 11.9 Å². The van der Waals surface area contributed by atoms with Gasteiger partial charge < -0.3 is 11.1 Å². The largest absolute Gasteiger partial charge is 0.384 e. The van der Waals surface area contributed by atoms with Crippen LogP contribution in [0.25, 0.3) is 0 Å². The zero-order valence-corrected chi connectivity index (χ0v) is 5.35. The normalized spacial score (nSPS) is 10.6. The van der Waals surface area contributed by atoms with E-state index in [0.29, 0.717) is 5.70 Å². The van der Waals surface area contributed by atoms with E-state index in [1.807, 2.05) is 0 Å². The van der Waals surface area contributed by atoms with Gasteiger partial charge in [-0.3, -0.25) is 4.79 Å². The van der Waals surface area contributed by atoms with Gasteiger partial charge in [0.05, 0.1) is 5.70 Å². The third-order valence-electron chi connectivity index (χ3n) is 0.819. The Bertz CT molecular complexity index is 149. The number of nitrogens with one attached hydrogen (secondary N) is 1. The molecule has 0 aromatic heterocycles. The molecule has 0 unspecified atom stereocenters. The minimum Gasteiger partial charge on any atom is -0.384 e. The highest BCUT2D eigenvalue weighted by Gasteiger charge is 1.96. The van der Waals surface area contributed by atoms with Crippen molar-refractivity contribution in [3.8, 4) is 0 Å². The molecule has 9 heavy (non-hydrogen) atoms. The first-order valence-electron chi connectivity index (χ1n) is 2.52. The number of hydrogen-bond acceptors (Lipinski definition) is 2. The molecule has 0 aromatic rings. The first-order chi connectivity index (χ1) is 4.22. The van der Waals surface area contributed by atoms with Gasteiger partial charge in [-0.2, -0.15) is 0 Å². The minimum absolute atomic E-state index is 0.366. The Kier molecular flexibility index (Phi) is 3.20. The van der Waals surface area contributed by atoms with E-state index in [1.54, 1.807) is 7.05 Å². The molecular weight excluding hydrogens is 116 g/mol. The first-order valence-corrected chi connectivity index (χ1v) is 2.52. The molecule has 0 aromatic carbocycles. The molecule has 0 fully saturated rings. The Labute approximate surface area is 54.2 Å². The fourth-order valence-corrected chi connectivity index (χ4v) is 0.407. The van der Waals surface area contributed by atoms with Crippen LogP contribution in [-0.2, 0) is 4.79 Å². The van der Waals surface area contributed by atoms with E-state index in [-0.39, 0.29) is 0 Å². The van der Waals surface area contributed by atoms with Gasteiger partial charge in [0.25, 0.3) is 5.91 Å². The lowest BCUT2D eigenvalue weighted by molar-refractivity contribution is -0.114. The monoisotopic (exact) mass is 126 g/mol. The third kappa shape index (κ3) is 2.54. The van der Waals surface area contributed by atoms with Gasteiger partial charge >= 0.3 is 0 Å². The second kappa shape index (κ2) is 3.72. The molecule has 0 saturated heterocycles. The van der Waals surface area contributed by atoms with Gasteiger partial charge in [0.1, 0.15) is 0 Å². The molecule has 3 N–H and O–H groups in total. The van der Waals surface area contributed by atoms with Gasteiger partial charge in [-0.15, -0.1) is 0 Å². The zero-order chi connectivity index (χ0) is 7.28. The Morgan fingerprint density at radius 1 is 1.78 bits per heavy atom. The molecule has 0 atom stereocenters. The highest BCUT2D eigenvalue weighted by Crippen LogP contribution is 1.84. The Morgan fingerprint density at radius 3 is 2.44 bits per heavy atom. The van der Waals surface area contributed by atoms with E-state index in [0.717, 1.165) is 0 Å². The van der Waals surface area contributed by atoms with Crippen LogP contribution in [0.5, 0.6) is 0 Å². The minimum atomic E-state index is -0.475. The van der Waals surface area contributed by atoms with Gasteiger partial charge in [-0.25, -0.2) is 0 Å². The summed E-state index contributed by atoms with van der Waals surface area (Å²) in [5.41, 5.74) is 5.28. The quantitative estimate of drug-likeness (QED) is 0.405. The van der Waals surface area contributed by atoms with Crippen LogP contribution in [0, 0.1) is 0 Å². The van der Waals surface area contributed by atoms with Crippen molar-refractivity contribution in [2.75, 3.05) is 7.05 Å². The molecule has 3 nitrogen and oxygen atoms in total. The van der Waals surface area contributed by atoms with E-state index in [4.69, 9.17) is 5.73 Å². The number of amides is 1. The Hall–Kier alpha value is -1.25. The summed E-state index contributed by atoms with van der Waals surface area (Å²) in [6.07, 6.45) is 3.01. The highest BCUT2D eigenvalue weighted by molar-refractivity contribution is 5.91. The fourth-order valence-electron chi connectivity index (χ4n) is 0.407. The molecule has 0 spiro atoms. The van der Waals surface area contributed by atoms with Crippen molar-refractivity contribution in [3.63, 3.8) is 0 Å². The number of carbonyl (C=O) groups is 1. The molecule has 1 amide bonds. The second-order valence-electron chi connectivity index (χ2n) is 1.43. The van der Waals surface area contributed by atoms with E-state index in [1.165, 1.54) is 12.2 Å². The molecule has 3 heteroatoms. The van der Waals surface area contributed by atoms with Crippen LogP contribution in [0.3, 0.4) is 0 Å².